The monoisotopic (exact) mass is 197 g/mol. The van der Waals surface area contributed by atoms with Crippen LogP contribution in [0, 0.1) is 0 Å². The molecule has 0 saturated heterocycles. The van der Waals surface area contributed by atoms with E-state index in [0.29, 0.717) is 0 Å². The van der Waals surface area contributed by atoms with Gasteiger partial charge in [0.2, 0.25) is 0 Å². The van der Waals surface area contributed by atoms with Crippen molar-refractivity contribution in [2.24, 2.45) is 7.05 Å². The highest BCUT2D eigenvalue weighted by molar-refractivity contribution is 5.93. The number of fused-ring (bicyclic) bond motifs is 1. The quantitative estimate of drug-likeness (QED) is 0.689. The number of hydrogen-bond acceptors (Lipinski definition) is 0. The molecular weight excluding hydrogens is 182 g/mol. The van der Waals surface area contributed by atoms with Crippen LogP contribution in [0.2, 0.25) is 0 Å². The summed E-state index contributed by atoms with van der Waals surface area (Å²) in [6, 6.07) is 6.36. The van der Waals surface area contributed by atoms with Crippen LogP contribution >= 0.6 is 0 Å². The van der Waals surface area contributed by atoms with Crippen molar-refractivity contribution in [2.45, 2.75) is 6.92 Å². The highest BCUT2D eigenvalue weighted by Gasteiger charge is 2.06. The average Bonchev–Trinajstić information content (AvgIpc) is 2.56. The molecule has 0 bridgehead atoms. The zero-order valence-corrected chi connectivity index (χ0v) is 9.25. The van der Waals surface area contributed by atoms with E-state index in [1.807, 2.05) is 13.0 Å². The summed E-state index contributed by atoms with van der Waals surface area (Å²) in [5, 5.41) is 1.25. The SMILES string of the molecule is C=Cc1ccc2c(c1)c(C(=C)C)cn2C. The van der Waals surface area contributed by atoms with Crippen molar-refractivity contribution in [3.05, 3.63) is 48.7 Å². The predicted molar refractivity (Wildman–Crippen MR) is 67.7 cm³/mol. The van der Waals surface area contributed by atoms with Crippen LogP contribution < -0.4 is 0 Å². The van der Waals surface area contributed by atoms with Crippen molar-refractivity contribution < 1.29 is 0 Å². The minimum atomic E-state index is 1.10. The number of nitrogens with zero attached hydrogens (tertiary/aromatic N) is 1. The fourth-order valence-corrected chi connectivity index (χ4v) is 1.88. The Hall–Kier alpha value is -1.76. The second kappa shape index (κ2) is 3.43. The van der Waals surface area contributed by atoms with E-state index in [1.165, 1.54) is 16.5 Å². The Balaban J connectivity index is 2.82. The third-order valence-corrected chi connectivity index (χ3v) is 2.71. The lowest BCUT2D eigenvalue weighted by Crippen LogP contribution is -1.82. The summed E-state index contributed by atoms with van der Waals surface area (Å²) in [6.07, 6.45) is 3.99. The maximum absolute atomic E-state index is 4.01. The van der Waals surface area contributed by atoms with Gasteiger partial charge in [0.05, 0.1) is 0 Å². The van der Waals surface area contributed by atoms with Crippen LogP contribution in [-0.2, 0) is 7.05 Å². The lowest BCUT2D eigenvalue weighted by Gasteiger charge is -1.99. The molecule has 0 fully saturated rings. The summed E-state index contributed by atoms with van der Waals surface area (Å²) < 4.78 is 2.13. The average molecular weight is 197 g/mol. The van der Waals surface area contributed by atoms with Gasteiger partial charge in [0, 0.05) is 29.7 Å². The van der Waals surface area contributed by atoms with Crippen LogP contribution in [0.25, 0.3) is 22.6 Å². The fraction of sp³-hybridized carbons (Fsp3) is 0.143. The zero-order chi connectivity index (χ0) is 11.0. The number of allylic oxidation sites excluding steroid dienone is 1. The fourth-order valence-electron chi connectivity index (χ4n) is 1.88. The van der Waals surface area contributed by atoms with E-state index in [1.54, 1.807) is 0 Å². The van der Waals surface area contributed by atoms with Crippen LogP contribution in [0.3, 0.4) is 0 Å². The number of aryl methyl sites for hydroxylation is 1. The third-order valence-electron chi connectivity index (χ3n) is 2.71. The zero-order valence-electron chi connectivity index (χ0n) is 9.25. The second-order valence-corrected chi connectivity index (χ2v) is 3.91. The molecule has 1 aromatic heterocycles. The smallest absolute Gasteiger partial charge is 0.0484 e. The molecule has 0 unspecified atom stereocenters. The molecule has 0 aliphatic rings. The summed E-state index contributed by atoms with van der Waals surface area (Å²) in [5.41, 5.74) is 4.70. The first-order chi connectivity index (χ1) is 7.13. The molecule has 15 heavy (non-hydrogen) atoms. The van der Waals surface area contributed by atoms with Crippen molar-refractivity contribution in [1.29, 1.82) is 0 Å². The molecule has 1 heteroatoms. The van der Waals surface area contributed by atoms with Gasteiger partial charge in [0.25, 0.3) is 0 Å². The second-order valence-electron chi connectivity index (χ2n) is 3.91. The van der Waals surface area contributed by atoms with Crippen LogP contribution in [-0.4, -0.2) is 4.57 Å². The largest absolute Gasteiger partial charge is 0.350 e. The molecule has 2 aromatic rings. The molecule has 0 atom stereocenters. The lowest BCUT2D eigenvalue weighted by atomic mass is 10.1. The summed E-state index contributed by atoms with van der Waals surface area (Å²) >= 11 is 0. The van der Waals surface area contributed by atoms with Gasteiger partial charge >= 0.3 is 0 Å². The van der Waals surface area contributed by atoms with Gasteiger partial charge in [-0.3, -0.25) is 0 Å². The third kappa shape index (κ3) is 1.50. The first-order valence-electron chi connectivity index (χ1n) is 5.01. The molecule has 1 heterocycles. The number of hydrogen-bond donors (Lipinski definition) is 0. The minimum Gasteiger partial charge on any atom is -0.350 e. The van der Waals surface area contributed by atoms with Gasteiger partial charge in [0.15, 0.2) is 0 Å². The van der Waals surface area contributed by atoms with Crippen LogP contribution in [0.15, 0.2) is 37.6 Å². The van der Waals surface area contributed by atoms with Crippen molar-refractivity contribution in [1.82, 2.24) is 4.57 Å². The van der Waals surface area contributed by atoms with Gasteiger partial charge in [0.1, 0.15) is 0 Å². The number of aromatic nitrogens is 1. The van der Waals surface area contributed by atoms with Gasteiger partial charge < -0.3 is 4.57 Å². The standard InChI is InChI=1S/C14H15N/c1-5-11-6-7-14-12(8-11)13(10(2)3)9-15(14)4/h5-9H,1-2H2,3-4H3. The molecular formula is C14H15N. The number of benzene rings is 1. The summed E-state index contributed by atoms with van der Waals surface area (Å²) in [5.74, 6) is 0. The van der Waals surface area contributed by atoms with E-state index >= 15 is 0 Å². The Bertz CT molecular complexity index is 544. The van der Waals surface area contributed by atoms with E-state index in [4.69, 9.17) is 0 Å². The maximum Gasteiger partial charge on any atom is 0.0484 e. The number of rotatable bonds is 2. The van der Waals surface area contributed by atoms with E-state index in [2.05, 4.69) is 49.2 Å². The van der Waals surface area contributed by atoms with Crippen LogP contribution in [0.1, 0.15) is 18.1 Å². The van der Waals surface area contributed by atoms with Gasteiger partial charge in [-0.1, -0.05) is 25.3 Å². The van der Waals surface area contributed by atoms with Crippen molar-refractivity contribution in [3.63, 3.8) is 0 Å². The molecule has 0 N–H and O–H groups in total. The molecule has 2 rings (SSSR count). The first-order valence-corrected chi connectivity index (χ1v) is 5.01. The highest BCUT2D eigenvalue weighted by Crippen LogP contribution is 2.26. The molecule has 0 saturated carbocycles. The summed E-state index contributed by atoms with van der Waals surface area (Å²) in [4.78, 5) is 0. The van der Waals surface area contributed by atoms with Gasteiger partial charge in [-0.15, -0.1) is 0 Å². The van der Waals surface area contributed by atoms with E-state index < -0.39 is 0 Å². The normalized spacial score (nSPS) is 10.5. The van der Waals surface area contributed by atoms with Gasteiger partial charge in [-0.25, -0.2) is 0 Å². The Morgan fingerprint density at radius 3 is 2.73 bits per heavy atom. The molecule has 0 spiro atoms. The van der Waals surface area contributed by atoms with Crippen LogP contribution in [0.5, 0.6) is 0 Å². The minimum absolute atomic E-state index is 1.10. The maximum atomic E-state index is 4.01. The van der Waals surface area contributed by atoms with Crippen molar-refractivity contribution in [2.75, 3.05) is 0 Å². The molecule has 0 aliphatic carbocycles. The molecule has 76 valence electrons. The molecule has 1 aromatic carbocycles. The molecule has 0 aliphatic heterocycles. The molecule has 1 nitrogen and oxygen atoms in total. The Morgan fingerprint density at radius 2 is 2.13 bits per heavy atom. The van der Waals surface area contributed by atoms with Gasteiger partial charge in [-0.2, -0.15) is 0 Å². The predicted octanol–water partition coefficient (Wildman–Crippen LogP) is 3.85. The Kier molecular flexibility index (Phi) is 2.24. The van der Waals surface area contributed by atoms with E-state index in [-0.39, 0.29) is 0 Å². The Morgan fingerprint density at radius 1 is 1.40 bits per heavy atom. The summed E-state index contributed by atoms with van der Waals surface area (Å²) in [6.45, 7) is 9.83. The highest BCUT2D eigenvalue weighted by atomic mass is 14.9. The first kappa shape index (κ1) is 9.78. The van der Waals surface area contributed by atoms with E-state index in [9.17, 15) is 0 Å². The van der Waals surface area contributed by atoms with E-state index in [0.717, 1.165) is 11.1 Å². The molecule has 0 amide bonds. The van der Waals surface area contributed by atoms with Crippen molar-refractivity contribution in [3.8, 4) is 0 Å². The summed E-state index contributed by atoms with van der Waals surface area (Å²) in [7, 11) is 2.06. The Labute approximate surface area is 90.3 Å². The van der Waals surface area contributed by atoms with Gasteiger partial charge in [-0.05, 0) is 30.2 Å². The van der Waals surface area contributed by atoms with Crippen molar-refractivity contribution >= 4 is 22.6 Å². The topological polar surface area (TPSA) is 4.93 Å². The van der Waals surface area contributed by atoms with Crippen LogP contribution in [0.4, 0.5) is 0 Å². The lowest BCUT2D eigenvalue weighted by molar-refractivity contribution is 0.967. The molecule has 0 radical (unpaired) electrons.